The molecule has 7 heteroatoms. The van der Waals surface area contributed by atoms with Crippen molar-refractivity contribution in [1.82, 2.24) is 0 Å². The number of carbonyl (C=O) groups excluding carboxylic acids is 3. The molecule has 1 N–H and O–H groups in total. The van der Waals surface area contributed by atoms with Gasteiger partial charge in [0, 0.05) is 5.69 Å². The van der Waals surface area contributed by atoms with Crippen LogP contribution in [-0.2, 0) is 31.9 Å². The van der Waals surface area contributed by atoms with E-state index in [4.69, 9.17) is 14.2 Å². The summed E-state index contributed by atoms with van der Waals surface area (Å²) in [6.07, 6.45) is 3.04. The summed E-state index contributed by atoms with van der Waals surface area (Å²) in [7, 11) is 0. The number of rotatable bonds is 8. The first-order valence-electron chi connectivity index (χ1n) is 9.92. The van der Waals surface area contributed by atoms with Gasteiger partial charge in [-0.1, -0.05) is 6.07 Å². The van der Waals surface area contributed by atoms with Crippen LogP contribution >= 0.6 is 0 Å². The lowest BCUT2D eigenvalue weighted by molar-refractivity contribution is -0.149. The summed E-state index contributed by atoms with van der Waals surface area (Å²) >= 11 is 0. The zero-order valence-corrected chi connectivity index (χ0v) is 17.1. The lowest BCUT2D eigenvalue weighted by Crippen LogP contribution is -2.23. The van der Waals surface area contributed by atoms with E-state index in [0.29, 0.717) is 17.0 Å². The maximum Gasteiger partial charge on any atom is 0.344 e. The van der Waals surface area contributed by atoms with Gasteiger partial charge in [-0.3, -0.25) is 4.79 Å². The van der Waals surface area contributed by atoms with Crippen LogP contribution in [0.4, 0.5) is 5.69 Å². The molecule has 0 heterocycles. The molecule has 0 saturated heterocycles. The molecule has 1 amide bonds. The number of hydrogen-bond acceptors (Lipinski definition) is 6. The molecule has 0 bridgehead atoms. The molecule has 7 nitrogen and oxygen atoms in total. The van der Waals surface area contributed by atoms with Crippen molar-refractivity contribution in [2.75, 3.05) is 18.5 Å². The SMILES string of the molecule is CC(C)OC(=O)c1ccc(NC(=O)COC(=O)COc2ccc3c(c2)CCC3)cc1. The van der Waals surface area contributed by atoms with Gasteiger partial charge in [0.05, 0.1) is 11.7 Å². The van der Waals surface area contributed by atoms with E-state index in [1.807, 2.05) is 18.2 Å². The number of esters is 2. The fourth-order valence-corrected chi connectivity index (χ4v) is 3.14. The van der Waals surface area contributed by atoms with Crippen LogP contribution in [0.5, 0.6) is 5.75 Å². The Balaban J connectivity index is 1.39. The molecule has 2 aromatic rings. The molecular formula is C23H25NO6. The molecule has 3 rings (SSSR count). The third-order valence-corrected chi connectivity index (χ3v) is 4.54. The van der Waals surface area contributed by atoms with Gasteiger partial charge in [0.2, 0.25) is 0 Å². The molecule has 0 saturated carbocycles. The van der Waals surface area contributed by atoms with Gasteiger partial charge in [0.25, 0.3) is 5.91 Å². The molecule has 0 atom stereocenters. The van der Waals surface area contributed by atoms with Gasteiger partial charge < -0.3 is 19.5 Å². The summed E-state index contributed by atoms with van der Waals surface area (Å²) in [6, 6.07) is 12.1. The highest BCUT2D eigenvalue weighted by atomic mass is 16.6. The minimum Gasteiger partial charge on any atom is -0.482 e. The van der Waals surface area contributed by atoms with Crippen LogP contribution in [0.3, 0.4) is 0 Å². The van der Waals surface area contributed by atoms with Crippen LogP contribution in [0.2, 0.25) is 0 Å². The Morgan fingerprint density at radius 1 is 0.967 bits per heavy atom. The molecule has 30 heavy (non-hydrogen) atoms. The van der Waals surface area contributed by atoms with E-state index in [-0.39, 0.29) is 12.7 Å². The van der Waals surface area contributed by atoms with Gasteiger partial charge in [-0.15, -0.1) is 0 Å². The zero-order chi connectivity index (χ0) is 21.5. The van der Waals surface area contributed by atoms with Gasteiger partial charge in [-0.2, -0.15) is 0 Å². The second-order valence-electron chi connectivity index (χ2n) is 7.31. The first-order valence-corrected chi connectivity index (χ1v) is 9.92. The van der Waals surface area contributed by atoms with Crippen LogP contribution < -0.4 is 10.1 Å². The summed E-state index contributed by atoms with van der Waals surface area (Å²) < 4.78 is 15.5. The Hall–Kier alpha value is -3.35. The molecule has 0 spiro atoms. The lowest BCUT2D eigenvalue weighted by atomic mass is 10.1. The molecule has 2 aromatic carbocycles. The maximum atomic E-state index is 12.0. The summed E-state index contributed by atoms with van der Waals surface area (Å²) in [5, 5.41) is 2.60. The van der Waals surface area contributed by atoms with Gasteiger partial charge in [-0.05, 0) is 80.6 Å². The van der Waals surface area contributed by atoms with E-state index in [0.717, 1.165) is 19.3 Å². The summed E-state index contributed by atoms with van der Waals surface area (Å²) in [6.45, 7) is 2.84. The van der Waals surface area contributed by atoms with Crippen LogP contribution in [0.15, 0.2) is 42.5 Å². The number of nitrogens with one attached hydrogen (secondary N) is 1. The number of fused-ring (bicyclic) bond motifs is 1. The number of aryl methyl sites for hydroxylation is 2. The van der Waals surface area contributed by atoms with Crippen LogP contribution in [0, 0.1) is 0 Å². The van der Waals surface area contributed by atoms with Gasteiger partial charge in [0.15, 0.2) is 13.2 Å². The van der Waals surface area contributed by atoms with E-state index in [2.05, 4.69) is 5.32 Å². The molecule has 158 valence electrons. The second-order valence-corrected chi connectivity index (χ2v) is 7.31. The minimum absolute atomic E-state index is 0.210. The predicted octanol–water partition coefficient (Wildman–Crippen LogP) is 3.30. The molecular weight excluding hydrogens is 386 g/mol. The van der Waals surface area contributed by atoms with E-state index >= 15 is 0 Å². The van der Waals surface area contributed by atoms with Crippen molar-refractivity contribution >= 4 is 23.5 Å². The first kappa shape index (κ1) is 21.4. The minimum atomic E-state index is -0.627. The number of benzene rings is 2. The Morgan fingerprint density at radius 2 is 1.70 bits per heavy atom. The quantitative estimate of drug-likeness (QED) is 0.670. The highest BCUT2D eigenvalue weighted by Gasteiger charge is 2.13. The summed E-state index contributed by atoms with van der Waals surface area (Å²) in [5.41, 5.74) is 3.44. The number of hydrogen-bond donors (Lipinski definition) is 1. The fraction of sp³-hybridized carbons (Fsp3) is 0.348. The topological polar surface area (TPSA) is 90.9 Å². The van der Waals surface area contributed by atoms with Crippen molar-refractivity contribution in [3.05, 3.63) is 59.2 Å². The number of ether oxygens (including phenoxy) is 3. The van der Waals surface area contributed by atoms with Crippen molar-refractivity contribution in [3.8, 4) is 5.75 Å². The summed E-state index contributed by atoms with van der Waals surface area (Å²) in [5.74, 6) is -0.927. The molecule has 0 aromatic heterocycles. The van der Waals surface area contributed by atoms with Crippen LogP contribution in [-0.4, -0.2) is 37.2 Å². The Morgan fingerprint density at radius 3 is 2.43 bits per heavy atom. The zero-order valence-electron chi connectivity index (χ0n) is 17.1. The molecule has 1 aliphatic rings. The number of carbonyl (C=O) groups is 3. The standard InChI is InChI=1S/C23H25NO6/c1-15(2)30-23(27)17-6-9-19(10-7-17)24-21(25)13-29-22(26)14-28-20-11-8-16-4-3-5-18(16)12-20/h6-12,15H,3-5,13-14H2,1-2H3,(H,24,25). The van der Waals surface area contributed by atoms with E-state index in [9.17, 15) is 14.4 Å². The van der Waals surface area contributed by atoms with Crippen molar-refractivity contribution in [2.24, 2.45) is 0 Å². The van der Waals surface area contributed by atoms with Gasteiger partial charge >= 0.3 is 11.9 Å². The van der Waals surface area contributed by atoms with Crippen molar-refractivity contribution in [1.29, 1.82) is 0 Å². The predicted molar refractivity (Wildman–Crippen MR) is 111 cm³/mol. The fourth-order valence-electron chi connectivity index (χ4n) is 3.14. The van der Waals surface area contributed by atoms with Crippen LogP contribution in [0.1, 0.15) is 41.8 Å². The average molecular weight is 411 g/mol. The molecule has 0 radical (unpaired) electrons. The second kappa shape index (κ2) is 9.91. The van der Waals surface area contributed by atoms with Gasteiger partial charge in [-0.25, -0.2) is 9.59 Å². The first-order chi connectivity index (χ1) is 14.4. The Bertz CT molecular complexity index is 920. The lowest BCUT2D eigenvalue weighted by Gasteiger charge is -2.10. The Labute approximate surface area is 175 Å². The molecule has 0 unspecified atom stereocenters. The highest BCUT2D eigenvalue weighted by Crippen LogP contribution is 2.26. The van der Waals surface area contributed by atoms with Crippen molar-refractivity contribution in [3.63, 3.8) is 0 Å². The average Bonchev–Trinajstić information content (AvgIpc) is 3.18. The maximum absolute atomic E-state index is 12.0. The highest BCUT2D eigenvalue weighted by molar-refractivity contribution is 5.94. The smallest absolute Gasteiger partial charge is 0.344 e. The molecule has 0 fully saturated rings. The van der Waals surface area contributed by atoms with Crippen molar-refractivity contribution in [2.45, 2.75) is 39.2 Å². The largest absolute Gasteiger partial charge is 0.482 e. The third kappa shape index (κ3) is 6.07. The molecule has 0 aliphatic heterocycles. The number of anilines is 1. The van der Waals surface area contributed by atoms with Gasteiger partial charge in [0.1, 0.15) is 5.75 Å². The Kier molecular flexibility index (Phi) is 7.06. The number of amides is 1. The van der Waals surface area contributed by atoms with E-state index < -0.39 is 24.5 Å². The van der Waals surface area contributed by atoms with Crippen molar-refractivity contribution < 1.29 is 28.6 Å². The summed E-state index contributed by atoms with van der Waals surface area (Å²) in [4.78, 5) is 35.6. The normalized spacial score (nSPS) is 12.2. The molecule has 1 aliphatic carbocycles. The van der Waals surface area contributed by atoms with E-state index in [1.165, 1.54) is 11.1 Å². The third-order valence-electron chi connectivity index (χ3n) is 4.54. The van der Waals surface area contributed by atoms with E-state index in [1.54, 1.807) is 38.1 Å². The monoisotopic (exact) mass is 411 g/mol. The van der Waals surface area contributed by atoms with Crippen LogP contribution in [0.25, 0.3) is 0 Å².